The van der Waals surface area contributed by atoms with Gasteiger partial charge in [0.15, 0.2) is 0 Å². The Labute approximate surface area is 113 Å². The maximum Gasteiger partial charge on any atom is 0.234 e. The van der Waals surface area contributed by atoms with Gasteiger partial charge in [0.25, 0.3) is 0 Å². The Morgan fingerprint density at radius 1 is 1.58 bits per heavy atom. The average molecular weight is 266 g/mol. The number of likely N-dealkylation sites (tertiary alicyclic amines) is 1. The Balaban J connectivity index is 1.73. The zero-order valence-corrected chi connectivity index (χ0v) is 11.3. The summed E-state index contributed by atoms with van der Waals surface area (Å²) in [5.41, 5.74) is 0. The van der Waals surface area contributed by atoms with Crippen LogP contribution in [0.3, 0.4) is 0 Å². The van der Waals surface area contributed by atoms with E-state index < -0.39 is 0 Å². The lowest BCUT2D eigenvalue weighted by atomic mass is 9.98. The van der Waals surface area contributed by atoms with Gasteiger partial charge >= 0.3 is 0 Å². The van der Waals surface area contributed by atoms with Crippen molar-refractivity contribution in [2.45, 2.75) is 25.8 Å². The highest BCUT2D eigenvalue weighted by Crippen LogP contribution is 2.16. The summed E-state index contributed by atoms with van der Waals surface area (Å²) in [5.74, 6) is 1.19. The lowest BCUT2D eigenvalue weighted by Crippen LogP contribution is -2.42. The Morgan fingerprint density at radius 3 is 2.89 bits per heavy atom. The monoisotopic (exact) mass is 266 g/mol. The quantitative estimate of drug-likeness (QED) is 0.839. The minimum Gasteiger partial charge on any atom is -0.467 e. The van der Waals surface area contributed by atoms with Gasteiger partial charge in [0.2, 0.25) is 5.91 Å². The van der Waals surface area contributed by atoms with E-state index in [1.54, 1.807) is 6.26 Å². The molecule has 106 valence electrons. The summed E-state index contributed by atoms with van der Waals surface area (Å²) in [7, 11) is 0. The van der Waals surface area contributed by atoms with Gasteiger partial charge < -0.3 is 14.8 Å². The van der Waals surface area contributed by atoms with Crippen molar-refractivity contribution in [2.24, 2.45) is 5.92 Å². The van der Waals surface area contributed by atoms with E-state index in [0.717, 1.165) is 31.7 Å². The van der Waals surface area contributed by atoms with Gasteiger partial charge in [-0.25, -0.2) is 0 Å². The highest BCUT2D eigenvalue weighted by molar-refractivity contribution is 5.78. The molecular weight excluding hydrogens is 244 g/mol. The third kappa shape index (κ3) is 4.08. The zero-order valence-electron chi connectivity index (χ0n) is 11.3. The maximum absolute atomic E-state index is 11.9. The van der Waals surface area contributed by atoms with Crippen LogP contribution < -0.4 is 5.32 Å². The second-order valence-corrected chi connectivity index (χ2v) is 5.21. The highest BCUT2D eigenvalue weighted by Gasteiger charge is 2.21. The van der Waals surface area contributed by atoms with Gasteiger partial charge in [-0.1, -0.05) is 0 Å². The topological polar surface area (TPSA) is 65.7 Å². The molecule has 1 aromatic rings. The standard InChI is InChI=1S/C14H22N2O3/c1-11(13-3-2-8-19-13)15-14(18)9-16-6-4-12(10-17)5-7-16/h2-3,8,11-12,17H,4-7,9-10H2,1H3,(H,15,18). The van der Waals surface area contributed by atoms with E-state index >= 15 is 0 Å². The van der Waals surface area contributed by atoms with Crippen molar-refractivity contribution < 1.29 is 14.3 Å². The van der Waals surface area contributed by atoms with Gasteiger partial charge in [0.1, 0.15) is 5.76 Å². The molecule has 0 aliphatic carbocycles. The van der Waals surface area contributed by atoms with Gasteiger partial charge in [0.05, 0.1) is 18.8 Å². The Morgan fingerprint density at radius 2 is 2.32 bits per heavy atom. The summed E-state index contributed by atoms with van der Waals surface area (Å²) in [5, 5.41) is 12.0. The summed E-state index contributed by atoms with van der Waals surface area (Å²) in [6.45, 7) is 4.36. The van der Waals surface area contributed by atoms with Crippen molar-refractivity contribution in [3.63, 3.8) is 0 Å². The number of nitrogens with one attached hydrogen (secondary N) is 1. The van der Waals surface area contributed by atoms with Crippen LogP contribution in [0.4, 0.5) is 0 Å². The molecule has 2 heterocycles. The lowest BCUT2D eigenvalue weighted by molar-refractivity contribution is -0.123. The maximum atomic E-state index is 11.9. The Kier molecular flexibility index (Phi) is 4.99. The number of rotatable bonds is 5. The molecule has 1 aliphatic heterocycles. The molecule has 1 unspecified atom stereocenters. The van der Waals surface area contributed by atoms with Crippen LogP contribution in [0.1, 0.15) is 31.6 Å². The SMILES string of the molecule is CC(NC(=O)CN1CCC(CO)CC1)c1ccco1. The minimum atomic E-state index is -0.0996. The zero-order chi connectivity index (χ0) is 13.7. The van der Waals surface area contributed by atoms with E-state index in [2.05, 4.69) is 10.2 Å². The van der Waals surface area contributed by atoms with Crippen LogP contribution >= 0.6 is 0 Å². The number of nitrogens with zero attached hydrogens (tertiary/aromatic N) is 1. The van der Waals surface area contributed by atoms with Gasteiger partial charge in [-0.05, 0) is 50.9 Å². The van der Waals surface area contributed by atoms with Gasteiger partial charge in [-0.2, -0.15) is 0 Å². The molecule has 19 heavy (non-hydrogen) atoms. The van der Waals surface area contributed by atoms with Gasteiger partial charge in [0, 0.05) is 6.61 Å². The van der Waals surface area contributed by atoms with Gasteiger partial charge in [-0.15, -0.1) is 0 Å². The number of piperidine rings is 1. The molecule has 1 atom stereocenters. The van der Waals surface area contributed by atoms with E-state index in [0.29, 0.717) is 12.5 Å². The van der Waals surface area contributed by atoms with Crippen LogP contribution in [0.15, 0.2) is 22.8 Å². The summed E-state index contributed by atoms with van der Waals surface area (Å²) < 4.78 is 5.26. The van der Waals surface area contributed by atoms with Crippen LogP contribution in [0.5, 0.6) is 0 Å². The fraction of sp³-hybridized carbons (Fsp3) is 0.643. The predicted octanol–water partition coefficient (Wildman–Crippen LogP) is 1.16. The summed E-state index contributed by atoms with van der Waals surface area (Å²) in [6.07, 6.45) is 3.55. The van der Waals surface area contributed by atoms with E-state index in [1.807, 2.05) is 19.1 Å². The molecule has 5 nitrogen and oxygen atoms in total. The van der Waals surface area contributed by atoms with Crippen molar-refractivity contribution in [2.75, 3.05) is 26.2 Å². The van der Waals surface area contributed by atoms with E-state index in [9.17, 15) is 4.79 Å². The molecule has 0 spiro atoms. The third-order valence-electron chi connectivity index (χ3n) is 3.68. The van der Waals surface area contributed by atoms with Crippen molar-refractivity contribution in [3.05, 3.63) is 24.2 Å². The Hall–Kier alpha value is -1.33. The number of hydrogen-bond donors (Lipinski definition) is 2. The van der Waals surface area contributed by atoms with Crippen molar-refractivity contribution >= 4 is 5.91 Å². The smallest absolute Gasteiger partial charge is 0.234 e. The molecule has 2 N–H and O–H groups in total. The minimum absolute atomic E-state index is 0.0198. The number of aliphatic hydroxyl groups is 1. The Bertz CT molecular complexity index is 383. The first-order chi connectivity index (χ1) is 9.19. The molecule has 0 saturated carbocycles. The number of hydrogen-bond acceptors (Lipinski definition) is 4. The predicted molar refractivity (Wildman–Crippen MR) is 71.5 cm³/mol. The third-order valence-corrected chi connectivity index (χ3v) is 3.68. The molecule has 5 heteroatoms. The second-order valence-electron chi connectivity index (χ2n) is 5.21. The van der Waals surface area contributed by atoms with Crippen molar-refractivity contribution in [1.29, 1.82) is 0 Å². The molecule has 1 aromatic heterocycles. The summed E-state index contributed by atoms with van der Waals surface area (Å²) in [6, 6.07) is 3.58. The number of furan rings is 1. The molecule has 1 saturated heterocycles. The largest absolute Gasteiger partial charge is 0.467 e. The number of amides is 1. The fourth-order valence-electron chi connectivity index (χ4n) is 2.43. The van der Waals surface area contributed by atoms with Crippen molar-refractivity contribution in [1.82, 2.24) is 10.2 Å². The molecule has 0 radical (unpaired) electrons. The van der Waals surface area contributed by atoms with E-state index in [1.165, 1.54) is 0 Å². The van der Waals surface area contributed by atoms with E-state index in [-0.39, 0.29) is 18.6 Å². The number of carbonyl (C=O) groups is 1. The van der Waals surface area contributed by atoms with Crippen LogP contribution in [0, 0.1) is 5.92 Å². The fourth-order valence-corrected chi connectivity index (χ4v) is 2.43. The molecule has 0 bridgehead atoms. The van der Waals surface area contributed by atoms with Crippen LogP contribution in [-0.2, 0) is 4.79 Å². The molecular formula is C14H22N2O3. The normalized spacial score (nSPS) is 19.3. The molecule has 1 amide bonds. The first-order valence-corrected chi connectivity index (χ1v) is 6.85. The average Bonchev–Trinajstić information content (AvgIpc) is 2.93. The van der Waals surface area contributed by atoms with Crippen LogP contribution in [0.25, 0.3) is 0 Å². The highest BCUT2D eigenvalue weighted by atomic mass is 16.3. The molecule has 1 aliphatic rings. The van der Waals surface area contributed by atoms with Crippen LogP contribution in [-0.4, -0.2) is 42.2 Å². The molecule has 1 fully saturated rings. The van der Waals surface area contributed by atoms with Crippen LogP contribution in [0.2, 0.25) is 0 Å². The number of aliphatic hydroxyl groups excluding tert-OH is 1. The molecule has 2 rings (SSSR count). The second kappa shape index (κ2) is 6.73. The van der Waals surface area contributed by atoms with E-state index in [4.69, 9.17) is 9.52 Å². The van der Waals surface area contributed by atoms with Crippen molar-refractivity contribution in [3.8, 4) is 0 Å². The number of carbonyl (C=O) groups excluding carboxylic acids is 1. The molecule has 0 aromatic carbocycles. The first-order valence-electron chi connectivity index (χ1n) is 6.85. The summed E-state index contributed by atoms with van der Waals surface area (Å²) in [4.78, 5) is 14.1. The first kappa shape index (κ1) is 14.1. The lowest BCUT2D eigenvalue weighted by Gasteiger charge is -2.30. The van der Waals surface area contributed by atoms with Gasteiger partial charge in [-0.3, -0.25) is 9.69 Å². The summed E-state index contributed by atoms with van der Waals surface area (Å²) >= 11 is 0.